The monoisotopic (exact) mass is 432 g/mol. The lowest BCUT2D eigenvalue weighted by atomic mass is 10.1. The molecule has 0 aliphatic heterocycles. The molecule has 1 aromatic heterocycles. The second kappa shape index (κ2) is 9.43. The van der Waals surface area contributed by atoms with Crippen LogP contribution in [0, 0.1) is 12.7 Å². The number of rotatable bonds is 5. The molecule has 0 aliphatic rings. The van der Waals surface area contributed by atoms with Crippen molar-refractivity contribution in [3.05, 3.63) is 47.3 Å². The fraction of sp³-hybridized carbons (Fsp3) is 0.400. The van der Waals surface area contributed by atoms with Gasteiger partial charge in [-0.2, -0.15) is 5.10 Å². The van der Waals surface area contributed by atoms with E-state index in [1.165, 1.54) is 12.4 Å². The first kappa shape index (κ1) is 19.3. The van der Waals surface area contributed by atoms with Gasteiger partial charge in [0.15, 0.2) is 5.96 Å². The van der Waals surface area contributed by atoms with E-state index in [2.05, 4.69) is 25.7 Å². The smallest absolute Gasteiger partial charge is 0.191 e. The second-order valence-corrected chi connectivity index (χ2v) is 4.97. The Balaban J connectivity index is 0.00000264. The summed E-state index contributed by atoms with van der Waals surface area (Å²) >= 11 is 0. The van der Waals surface area contributed by atoms with Crippen molar-refractivity contribution in [2.24, 2.45) is 12.0 Å². The van der Waals surface area contributed by atoms with Gasteiger partial charge in [-0.1, -0.05) is 6.07 Å². The minimum absolute atomic E-state index is 0. The van der Waals surface area contributed by atoms with Crippen LogP contribution >= 0.6 is 24.0 Å². The summed E-state index contributed by atoms with van der Waals surface area (Å²) in [6, 6.07) is 4.86. The van der Waals surface area contributed by atoms with Crippen LogP contribution in [0.1, 0.15) is 17.0 Å². The summed E-state index contributed by atoms with van der Waals surface area (Å²) in [4.78, 5) is 8.30. The number of guanidine groups is 1. The van der Waals surface area contributed by atoms with Crippen molar-refractivity contribution >= 4 is 29.9 Å². The lowest BCUT2D eigenvalue weighted by Crippen LogP contribution is -2.38. The van der Waals surface area contributed by atoms with Crippen LogP contribution in [0.3, 0.4) is 0 Å². The second-order valence-electron chi connectivity index (χ2n) is 4.97. The first-order valence-corrected chi connectivity index (χ1v) is 7.12. The largest absolute Gasteiger partial charge is 0.356 e. The van der Waals surface area contributed by atoms with Crippen LogP contribution in [0.4, 0.5) is 4.39 Å². The predicted molar refractivity (Wildman–Crippen MR) is 99.5 cm³/mol. The van der Waals surface area contributed by atoms with E-state index in [0.29, 0.717) is 19.0 Å². The highest BCUT2D eigenvalue weighted by Gasteiger charge is 2.04. The van der Waals surface area contributed by atoms with Gasteiger partial charge in [0.05, 0.1) is 6.54 Å². The molecule has 0 bridgehead atoms. The standard InChI is InChI=1S/C15H21FN6.HI/c1-11-8-13(16)5-4-12(11)6-7-18-15(17-2)19-9-14-20-10-21-22(14)3;/h4-5,8,10H,6-7,9H2,1-3H3,(H2,17,18,19);1H. The van der Waals surface area contributed by atoms with Crippen LogP contribution in [0.2, 0.25) is 0 Å². The quantitative estimate of drug-likeness (QED) is 0.430. The lowest BCUT2D eigenvalue weighted by Gasteiger charge is -2.12. The van der Waals surface area contributed by atoms with E-state index in [0.717, 1.165) is 23.4 Å². The van der Waals surface area contributed by atoms with Crippen LogP contribution in [0.15, 0.2) is 29.5 Å². The van der Waals surface area contributed by atoms with E-state index in [1.54, 1.807) is 17.8 Å². The topological polar surface area (TPSA) is 67.1 Å². The zero-order valence-electron chi connectivity index (χ0n) is 13.5. The molecule has 1 aromatic carbocycles. The van der Waals surface area contributed by atoms with Crippen LogP contribution in [-0.2, 0) is 20.0 Å². The van der Waals surface area contributed by atoms with Gasteiger partial charge in [-0.05, 0) is 36.6 Å². The van der Waals surface area contributed by atoms with Gasteiger partial charge in [-0.3, -0.25) is 9.67 Å². The molecule has 2 rings (SSSR count). The number of aromatic nitrogens is 3. The molecule has 0 amide bonds. The van der Waals surface area contributed by atoms with Gasteiger partial charge in [0.25, 0.3) is 0 Å². The highest BCUT2D eigenvalue weighted by Crippen LogP contribution is 2.10. The third-order valence-corrected chi connectivity index (χ3v) is 3.43. The van der Waals surface area contributed by atoms with E-state index in [4.69, 9.17) is 0 Å². The maximum Gasteiger partial charge on any atom is 0.191 e. The van der Waals surface area contributed by atoms with E-state index < -0.39 is 0 Å². The molecule has 1 heterocycles. The number of halogens is 2. The normalized spacial score (nSPS) is 11.0. The van der Waals surface area contributed by atoms with Crippen LogP contribution in [0.25, 0.3) is 0 Å². The molecule has 0 saturated carbocycles. The number of nitrogens with zero attached hydrogens (tertiary/aromatic N) is 4. The highest BCUT2D eigenvalue weighted by atomic mass is 127. The molecule has 0 aliphatic carbocycles. The Bertz CT molecular complexity index is 655. The highest BCUT2D eigenvalue weighted by molar-refractivity contribution is 14.0. The molecule has 6 nitrogen and oxygen atoms in total. The summed E-state index contributed by atoms with van der Waals surface area (Å²) in [6.07, 6.45) is 2.32. The Morgan fingerprint density at radius 3 is 2.74 bits per heavy atom. The van der Waals surface area contributed by atoms with Gasteiger partial charge in [-0.15, -0.1) is 24.0 Å². The number of aryl methyl sites for hydroxylation is 2. The lowest BCUT2D eigenvalue weighted by molar-refractivity contribution is 0.625. The average Bonchev–Trinajstić information content (AvgIpc) is 2.90. The number of aliphatic imine (C=N–C) groups is 1. The molecular formula is C15H22FIN6. The summed E-state index contributed by atoms with van der Waals surface area (Å²) in [5.74, 6) is 1.33. The molecule has 0 unspecified atom stereocenters. The minimum Gasteiger partial charge on any atom is -0.356 e. The number of benzene rings is 1. The Morgan fingerprint density at radius 1 is 1.35 bits per heavy atom. The molecule has 2 N–H and O–H groups in total. The summed E-state index contributed by atoms with van der Waals surface area (Å²) in [5, 5.41) is 10.4. The van der Waals surface area contributed by atoms with Crippen molar-refractivity contribution in [1.82, 2.24) is 25.4 Å². The van der Waals surface area contributed by atoms with Crippen molar-refractivity contribution in [2.75, 3.05) is 13.6 Å². The summed E-state index contributed by atoms with van der Waals surface area (Å²) < 4.78 is 14.8. The zero-order valence-corrected chi connectivity index (χ0v) is 15.8. The molecule has 23 heavy (non-hydrogen) atoms. The van der Waals surface area contributed by atoms with Gasteiger partial charge in [0, 0.05) is 20.6 Å². The van der Waals surface area contributed by atoms with Gasteiger partial charge in [0.2, 0.25) is 0 Å². The van der Waals surface area contributed by atoms with E-state index >= 15 is 0 Å². The van der Waals surface area contributed by atoms with E-state index in [9.17, 15) is 4.39 Å². The Kier molecular flexibility index (Phi) is 7.93. The van der Waals surface area contributed by atoms with Crippen molar-refractivity contribution in [1.29, 1.82) is 0 Å². The van der Waals surface area contributed by atoms with Crippen molar-refractivity contribution < 1.29 is 4.39 Å². The summed E-state index contributed by atoms with van der Waals surface area (Å²) in [5.41, 5.74) is 2.08. The number of hydrogen-bond donors (Lipinski definition) is 2. The van der Waals surface area contributed by atoms with Gasteiger partial charge in [0.1, 0.15) is 18.0 Å². The third-order valence-electron chi connectivity index (χ3n) is 3.43. The van der Waals surface area contributed by atoms with E-state index in [1.807, 2.05) is 20.0 Å². The first-order chi connectivity index (χ1) is 10.6. The minimum atomic E-state index is -0.199. The molecule has 8 heteroatoms. The van der Waals surface area contributed by atoms with E-state index in [-0.39, 0.29) is 29.8 Å². The van der Waals surface area contributed by atoms with Gasteiger partial charge >= 0.3 is 0 Å². The van der Waals surface area contributed by atoms with Gasteiger partial charge < -0.3 is 10.6 Å². The fourth-order valence-electron chi connectivity index (χ4n) is 2.12. The van der Waals surface area contributed by atoms with Crippen LogP contribution in [-0.4, -0.2) is 34.3 Å². The number of hydrogen-bond acceptors (Lipinski definition) is 3. The molecule has 2 aromatic rings. The van der Waals surface area contributed by atoms with Crippen LogP contribution < -0.4 is 10.6 Å². The van der Waals surface area contributed by atoms with Crippen molar-refractivity contribution in [3.8, 4) is 0 Å². The molecule has 126 valence electrons. The molecular weight excluding hydrogens is 410 g/mol. The number of nitrogens with one attached hydrogen (secondary N) is 2. The van der Waals surface area contributed by atoms with Gasteiger partial charge in [-0.25, -0.2) is 9.37 Å². The third kappa shape index (κ3) is 5.77. The molecule has 0 fully saturated rings. The molecule has 0 atom stereocenters. The molecule has 0 radical (unpaired) electrons. The maximum absolute atomic E-state index is 13.1. The molecule has 0 spiro atoms. The summed E-state index contributed by atoms with van der Waals surface area (Å²) in [6.45, 7) is 3.18. The zero-order chi connectivity index (χ0) is 15.9. The molecule has 0 saturated heterocycles. The van der Waals surface area contributed by atoms with Crippen molar-refractivity contribution in [3.63, 3.8) is 0 Å². The fourth-order valence-corrected chi connectivity index (χ4v) is 2.12. The Labute approximate surface area is 152 Å². The van der Waals surface area contributed by atoms with Crippen LogP contribution in [0.5, 0.6) is 0 Å². The van der Waals surface area contributed by atoms with Crippen molar-refractivity contribution in [2.45, 2.75) is 19.9 Å². The Hall–Kier alpha value is -1.71. The Morgan fingerprint density at radius 2 is 2.13 bits per heavy atom. The maximum atomic E-state index is 13.1. The SMILES string of the molecule is CN=C(NCCc1ccc(F)cc1C)NCc1ncnn1C.I. The first-order valence-electron chi connectivity index (χ1n) is 7.12. The summed E-state index contributed by atoms with van der Waals surface area (Å²) in [7, 11) is 3.56. The predicted octanol–water partition coefficient (Wildman–Crippen LogP) is 1.79. The average molecular weight is 432 g/mol.